The molecule has 1 fully saturated rings. The van der Waals surface area contributed by atoms with E-state index in [9.17, 15) is 0 Å². The molecule has 0 saturated carbocycles. The van der Waals surface area contributed by atoms with Crippen LogP contribution in [0.25, 0.3) is 0 Å². The maximum Gasteiger partial charge on any atom is 0.0642 e. The predicted octanol–water partition coefficient (Wildman–Crippen LogP) is 3.22. The van der Waals surface area contributed by atoms with E-state index < -0.39 is 0 Å². The fourth-order valence-corrected chi connectivity index (χ4v) is 2.98. The third kappa shape index (κ3) is 2.70. The topological polar surface area (TPSA) is 6.48 Å². The molecule has 1 unspecified atom stereocenters. The summed E-state index contributed by atoms with van der Waals surface area (Å²) in [6.07, 6.45) is 0. The first-order valence-corrected chi connectivity index (χ1v) is 6.83. The van der Waals surface area contributed by atoms with Crippen molar-refractivity contribution in [2.75, 3.05) is 31.6 Å². The zero-order valence-electron chi connectivity index (χ0n) is 10.3. The van der Waals surface area contributed by atoms with Gasteiger partial charge >= 0.3 is 0 Å². The SMILES string of the molecule is CC1CN(C)CCN1c1c(Cl)cccc1CCl. The van der Waals surface area contributed by atoms with Crippen molar-refractivity contribution in [1.29, 1.82) is 0 Å². The normalized spacial score (nSPS) is 21.9. The molecule has 1 saturated heterocycles. The molecule has 4 heteroatoms. The molecule has 2 nitrogen and oxygen atoms in total. The summed E-state index contributed by atoms with van der Waals surface area (Å²) in [5.74, 6) is 0.509. The van der Waals surface area contributed by atoms with Gasteiger partial charge in [-0.15, -0.1) is 11.6 Å². The Morgan fingerprint density at radius 1 is 1.35 bits per heavy atom. The van der Waals surface area contributed by atoms with Crippen molar-refractivity contribution in [1.82, 2.24) is 4.90 Å². The second-order valence-corrected chi connectivity index (χ2v) is 5.36. The minimum atomic E-state index is 0.468. The van der Waals surface area contributed by atoms with Gasteiger partial charge in [0, 0.05) is 31.6 Å². The Morgan fingerprint density at radius 3 is 2.76 bits per heavy atom. The maximum absolute atomic E-state index is 6.33. The van der Waals surface area contributed by atoms with E-state index in [4.69, 9.17) is 23.2 Å². The number of rotatable bonds is 2. The number of hydrogen-bond acceptors (Lipinski definition) is 2. The van der Waals surface area contributed by atoms with Crippen LogP contribution in [0.5, 0.6) is 0 Å². The zero-order chi connectivity index (χ0) is 12.4. The summed E-state index contributed by atoms with van der Waals surface area (Å²) >= 11 is 12.3. The molecule has 0 aliphatic carbocycles. The van der Waals surface area contributed by atoms with Crippen molar-refractivity contribution in [3.8, 4) is 0 Å². The highest BCUT2D eigenvalue weighted by molar-refractivity contribution is 6.33. The fourth-order valence-electron chi connectivity index (χ4n) is 2.46. The number of benzene rings is 1. The molecule has 0 radical (unpaired) electrons. The number of nitrogens with zero attached hydrogens (tertiary/aromatic N) is 2. The Hall–Kier alpha value is -0.440. The lowest BCUT2D eigenvalue weighted by Gasteiger charge is -2.41. The van der Waals surface area contributed by atoms with E-state index >= 15 is 0 Å². The Balaban J connectivity index is 2.33. The first-order chi connectivity index (χ1) is 8.13. The van der Waals surface area contributed by atoms with Gasteiger partial charge in [-0.25, -0.2) is 0 Å². The van der Waals surface area contributed by atoms with Gasteiger partial charge in [-0.1, -0.05) is 23.7 Å². The van der Waals surface area contributed by atoms with Crippen LogP contribution in [0.2, 0.25) is 5.02 Å². The molecule has 17 heavy (non-hydrogen) atoms. The second-order valence-electron chi connectivity index (χ2n) is 4.69. The molecule has 1 aliphatic heterocycles. The minimum Gasteiger partial charge on any atom is -0.365 e. The summed E-state index contributed by atoms with van der Waals surface area (Å²) in [5.41, 5.74) is 2.24. The van der Waals surface area contributed by atoms with Crippen LogP contribution in [0.4, 0.5) is 5.69 Å². The molecule has 0 amide bonds. The largest absolute Gasteiger partial charge is 0.365 e. The van der Waals surface area contributed by atoms with Crippen LogP contribution >= 0.6 is 23.2 Å². The number of alkyl halides is 1. The summed E-state index contributed by atoms with van der Waals surface area (Å²) in [5, 5.41) is 0.805. The summed E-state index contributed by atoms with van der Waals surface area (Å²) in [4.78, 5) is 4.72. The van der Waals surface area contributed by atoms with Gasteiger partial charge in [-0.2, -0.15) is 0 Å². The molecule has 0 bridgehead atoms. The smallest absolute Gasteiger partial charge is 0.0642 e. The first kappa shape index (κ1) is 13.0. The third-order valence-electron chi connectivity index (χ3n) is 3.33. The number of halogens is 2. The maximum atomic E-state index is 6.33. The number of para-hydroxylation sites is 1. The van der Waals surface area contributed by atoms with E-state index in [1.165, 1.54) is 0 Å². The van der Waals surface area contributed by atoms with Crippen molar-refractivity contribution >= 4 is 28.9 Å². The minimum absolute atomic E-state index is 0.468. The molecule has 1 heterocycles. The Morgan fingerprint density at radius 2 is 2.12 bits per heavy atom. The molecule has 0 spiro atoms. The predicted molar refractivity (Wildman–Crippen MR) is 75.3 cm³/mol. The summed E-state index contributed by atoms with van der Waals surface area (Å²) in [7, 11) is 2.16. The number of likely N-dealkylation sites (N-methyl/N-ethyl adjacent to an activating group) is 1. The first-order valence-electron chi connectivity index (χ1n) is 5.92. The lowest BCUT2D eigenvalue weighted by Crippen LogP contribution is -2.50. The molecule has 1 atom stereocenters. The van der Waals surface area contributed by atoms with Crippen LogP contribution in [-0.2, 0) is 5.88 Å². The monoisotopic (exact) mass is 272 g/mol. The summed E-state index contributed by atoms with van der Waals surface area (Å²) in [6.45, 7) is 5.37. The molecule has 1 aliphatic rings. The quantitative estimate of drug-likeness (QED) is 0.763. The number of piperazine rings is 1. The standard InChI is InChI=1S/C13H18Cl2N2/c1-10-9-16(2)6-7-17(10)13-11(8-14)4-3-5-12(13)15/h3-5,10H,6-9H2,1-2H3. The fraction of sp³-hybridized carbons (Fsp3) is 0.538. The van der Waals surface area contributed by atoms with Crippen LogP contribution in [0.15, 0.2) is 18.2 Å². The van der Waals surface area contributed by atoms with Crippen LogP contribution in [0, 0.1) is 0 Å². The third-order valence-corrected chi connectivity index (χ3v) is 3.93. The van der Waals surface area contributed by atoms with E-state index in [1.54, 1.807) is 0 Å². The lowest BCUT2D eigenvalue weighted by molar-refractivity contribution is 0.275. The van der Waals surface area contributed by atoms with Gasteiger partial charge in [0.05, 0.1) is 10.7 Å². The van der Waals surface area contributed by atoms with E-state index in [2.05, 4.69) is 29.8 Å². The molecule has 0 N–H and O–H groups in total. The highest BCUT2D eigenvalue weighted by Gasteiger charge is 2.24. The van der Waals surface area contributed by atoms with Gasteiger partial charge in [-0.3, -0.25) is 0 Å². The van der Waals surface area contributed by atoms with Gasteiger partial charge in [-0.05, 0) is 25.6 Å². The van der Waals surface area contributed by atoms with Gasteiger partial charge < -0.3 is 9.80 Å². The summed E-state index contributed by atoms with van der Waals surface area (Å²) < 4.78 is 0. The van der Waals surface area contributed by atoms with E-state index in [0.717, 1.165) is 35.9 Å². The van der Waals surface area contributed by atoms with Crippen molar-refractivity contribution < 1.29 is 0 Å². The molecular weight excluding hydrogens is 255 g/mol. The van der Waals surface area contributed by atoms with Gasteiger partial charge in [0.15, 0.2) is 0 Å². The van der Waals surface area contributed by atoms with Crippen LogP contribution in [-0.4, -0.2) is 37.6 Å². The van der Waals surface area contributed by atoms with Gasteiger partial charge in [0.1, 0.15) is 0 Å². The van der Waals surface area contributed by atoms with Crippen molar-refractivity contribution in [3.05, 3.63) is 28.8 Å². The Labute approximate surface area is 113 Å². The number of anilines is 1. The van der Waals surface area contributed by atoms with E-state index in [-0.39, 0.29) is 0 Å². The highest BCUT2D eigenvalue weighted by Crippen LogP contribution is 2.33. The molecule has 2 rings (SSSR count). The van der Waals surface area contributed by atoms with Crippen LogP contribution < -0.4 is 4.90 Å². The highest BCUT2D eigenvalue weighted by atomic mass is 35.5. The van der Waals surface area contributed by atoms with Crippen molar-refractivity contribution in [3.63, 3.8) is 0 Å². The Bertz CT molecular complexity index is 395. The van der Waals surface area contributed by atoms with E-state index in [1.807, 2.05) is 12.1 Å². The van der Waals surface area contributed by atoms with Crippen molar-refractivity contribution in [2.45, 2.75) is 18.8 Å². The molecule has 1 aromatic carbocycles. The zero-order valence-corrected chi connectivity index (χ0v) is 11.8. The second kappa shape index (κ2) is 5.47. The molecule has 1 aromatic rings. The lowest BCUT2D eigenvalue weighted by atomic mass is 10.1. The molecular formula is C13H18Cl2N2. The van der Waals surface area contributed by atoms with Crippen LogP contribution in [0.1, 0.15) is 12.5 Å². The summed E-state index contributed by atoms with van der Waals surface area (Å²) in [6, 6.07) is 6.43. The van der Waals surface area contributed by atoms with Crippen LogP contribution in [0.3, 0.4) is 0 Å². The van der Waals surface area contributed by atoms with E-state index in [0.29, 0.717) is 11.9 Å². The average Bonchev–Trinajstić information content (AvgIpc) is 2.30. The average molecular weight is 273 g/mol. The number of hydrogen-bond donors (Lipinski definition) is 0. The van der Waals surface area contributed by atoms with Gasteiger partial charge in [0.25, 0.3) is 0 Å². The Kier molecular flexibility index (Phi) is 4.18. The van der Waals surface area contributed by atoms with Crippen molar-refractivity contribution in [2.24, 2.45) is 0 Å². The molecule has 94 valence electrons. The van der Waals surface area contributed by atoms with Gasteiger partial charge in [0.2, 0.25) is 0 Å². The molecule has 0 aromatic heterocycles.